The Morgan fingerprint density at radius 3 is 2.53 bits per heavy atom. The maximum atomic E-state index is 12.0. The van der Waals surface area contributed by atoms with E-state index >= 15 is 0 Å². The summed E-state index contributed by atoms with van der Waals surface area (Å²) in [5.41, 5.74) is 1.60. The molecule has 1 saturated carbocycles. The van der Waals surface area contributed by atoms with Crippen molar-refractivity contribution in [2.45, 2.75) is 18.4 Å². The molecule has 1 fully saturated rings. The molecule has 1 N–H and O–H groups in total. The summed E-state index contributed by atoms with van der Waals surface area (Å²) in [5.74, 6) is -0.0693. The maximum Gasteiger partial charge on any atom is 0.255 e. The van der Waals surface area contributed by atoms with E-state index in [9.17, 15) is 4.79 Å². The van der Waals surface area contributed by atoms with Gasteiger partial charge in [0.2, 0.25) is 0 Å². The monoisotopic (exact) mass is 227 g/mol. The van der Waals surface area contributed by atoms with Crippen LogP contribution in [0.5, 0.6) is 0 Å². The second-order valence-electron chi connectivity index (χ2n) is 4.41. The van der Waals surface area contributed by atoms with E-state index in [4.69, 9.17) is 4.42 Å². The Morgan fingerprint density at radius 1 is 1.18 bits per heavy atom. The molecule has 1 aliphatic rings. The standard InChI is InChI=1S/C14H13NO2/c16-13(11-6-9-17-10-11)15-14(7-8-14)12-4-2-1-3-5-12/h1-6,9-10H,7-8H2,(H,15,16). The Hall–Kier alpha value is -2.03. The molecule has 3 nitrogen and oxygen atoms in total. The van der Waals surface area contributed by atoms with Gasteiger partial charge in [0, 0.05) is 0 Å². The van der Waals surface area contributed by atoms with Gasteiger partial charge in [0.05, 0.1) is 17.4 Å². The number of hydrogen-bond donors (Lipinski definition) is 1. The number of benzene rings is 1. The van der Waals surface area contributed by atoms with Gasteiger partial charge in [-0.25, -0.2) is 0 Å². The lowest BCUT2D eigenvalue weighted by Crippen LogP contribution is -2.34. The molecular formula is C14H13NO2. The van der Waals surface area contributed by atoms with Crippen LogP contribution in [0.1, 0.15) is 28.8 Å². The molecule has 2 aromatic rings. The van der Waals surface area contributed by atoms with Crippen LogP contribution in [0.15, 0.2) is 53.3 Å². The molecule has 1 heterocycles. The molecule has 0 aliphatic heterocycles. The van der Waals surface area contributed by atoms with Crippen LogP contribution >= 0.6 is 0 Å². The van der Waals surface area contributed by atoms with Crippen molar-refractivity contribution in [3.05, 3.63) is 60.1 Å². The largest absolute Gasteiger partial charge is 0.472 e. The normalized spacial score (nSPS) is 16.5. The summed E-state index contributed by atoms with van der Waals surface area (Å²) in [4.78, 5) is 12.0. The molecule has 86 valence electrons. The van der Waals surface area contributed by atoms with Crippen LogP contribution in [0.2, 0.25) is 0 Å². The minimum atomic E-state index is -0.157. The molecule has 17 heavy (non-hydrogen) atoms. The van der Waals surface area contributed by atoms with Crippen molar-refractivity contribution in [1.82, 2.24) is 5.32 Å². The van der Waals surface area contributed by atoms with Crippen molar-refractivity contribution in [3.63, 3.8) is 0 Å². The van der Waals surface area contributed by atoms with Gasteiger partial charge in [0.1, 0.15) is 6.26 Å². The first-order valence-corrected chi connectivity index (χ1v) is 5.70. The van der Waals surface area contributed by atoms with E-state index in [-0.39, 0.29) is 11.4 Å². The lowest BCUT2D eigenvalue weighted by molar-refractivity contribution is 0.0930. The van der Waals surface area contributed by atoms with Gasteiger partial charge in [-0.05, 0) is 24.5 Å². The van der Waals surface area contributed by atoms with Crippen LogP contribution in [-0.2, 0) is 5.54 Å². The number of hydrogen-bond acceptors (Lipinski definition) is 2. The Morgan fingerprint density at radius 2 is 1.94 bits per heavy atom. The van der Waals surface area contributed by atoms with E-state index in [1.54, 1.807) is 6.07 Å². The molecule has 3 rings (SSSR count). The van der Waals surface area contributed by atoms with Crippen LogP contribution < -0.4 is 5.32 Å². The van der Waals surface area contributed by atoms with E-state index in [0.29, 0.717) is 5.56 Å². The smallest absolute Gasteiger partial charge is 0.255 e. The lowest BCUT2D eigenvalue weighted by Gasteiger charge is -2.17. The first-order valence-electron chi connectivity index (χ1n) is 5.70. The van der Waals surface area contributed by atoms with Gasteiger partial charge in [0.15, 0.2) is 0 Å². The van der Waals surface area contributed by atoms with E-state index in [1.165, 1.54) is 18.1 Å². The van der Waals surface area contributed by atoms with Gasteiger partial charge in [0.25, 0.3) is 5.91 Å². The van der Waals surface area contributed by atoms with Crippen molar-refractivity contribution in [2.75, 3.05) is 0 Å². The average molecular weight is 227 g/mol. The quantitative estimate of drug-likeness (QED) is 0.876. The Labute approximate surface area is 99.4 Å². The molecule has 0 saturated heterocycles. The number of rotatable bonds is 3. The second-order valence-corrected chi connectivity index (χ2v) is 4.41. The summed E-state index contributed by atoms with van der Waals surface area (Å²) < 4.78 is 4.92. The summed E-state index contributed by atoms with van der Waals surface area (Å²) in [7, 11) is 0. The molecule has 3 heteroatoms. The molecule has 1 aromatic carbocycles. The topological polar surface area (TPSA) is 42.2 Å². The molecule has 0 bridgehead atoms. The lowest BCUT2D eigenvalue weighted by atomic mass is 10.0. The van der Waals surface area contributed by atoms with E-state index in [2.05, 4.69) is 17.4 Å². The van der Waals surface area contributed by atoms with Crippen LogP contribution in [0, 0.1) is 0 Å². The van der Waals surface area contributed by atoms with Gasteiger partial charge in [-0.1, -0.05) is 30.3 Å². The fourth-order valence-corrected chi connectivity index (χ4v) is 2.05. The third kappa shape index (κ3) is 1.84. The molecule has 0 unspecified atom stereocenters. The number of furan rings is 1. The third-order valence-corrected chi connectivity index (χ3v) is 3.21. The van der Waals surface area contributed by atoms with Crippen molar-refractivity contribution >= 4 is 5.91 Å². The highest BCUT2D eigenvalue weighted by Gasteiger charge is 2.45. The number of amides is 1. The molecule has 0 atom stereocenters. The first kappa shape index (κ1) is 10.1. The van der Waals surface area contributed by atoms with Gasteiger partial charge < -0.3 is 9.73 Å². The zero-order valence-corrected chi connectivity index (χ0v) is 9.35. The fourth-order valence-electron chi connectivity index (χ4n) is 2.05. The summed E-state index contributed by atoms with van der Waals surface area (Å²) in [6.45, 7) is 0. The number of nitrogens with one attached hydrogen (secondary N) is 1. The maximum absolute atomic E-state index is 12.0. The highest BCUT2D eigenvalue weighted by Crippen LogP contribution is 2.45. The van der Waals surface area contributed by atoms with Crippen molar-refractivity contribution in [1.29, 1.82) is 0 Å². The SMILES string of the molecule is O=C(NC1(c2ccccc2)CC1)c1ccoc1. The molecule has 0 radical (unpaired) electrons. The minimum Gasteiger partial charge on any atom is -0.472 e. The summed E-state index contributed by atoms with van der Waals surface area (Å²) in [5, 5.41) is 3.09. The minimum absolute atomic E-state index is 0.0693. The summed E-state index contributed by atoms with van der Waals surface area (Å²) in [6.07, 6.45) is 4.98. The van der Waals surface area contributed by atoms with E-state index < -0.39 is 0 Å². The van der Waals surface area contributed by atoms with E-state index in [1.807, 2.05) is 18.2 Å². The predicted molar refractivity (Wildman–Crippen MR) is 63.5 cm³/mol. The molecule has 1 aliphatic carbocycles. The number of carbonyl (C=O) groups is 1. The molecule has 0 spiro atoms. The van der Waals surface area contributed by atoms with Crippen LogP contribution in [-0.4, -0.2) is 5.91 Å². The van der Waals surface area contributed by atoms with Crippen molar-refractivity contribution in [3.8, 4) is 0 Å². The van der Waals surface area contributed by atoms with Crippen LogP contribution in [0.3, 0.4) is 0 Å². The van der Waals surface area contributed by atoms with Gasteiger partial charge in [-0.2, -0.15) is 0 Å². The molecular weight excluding hydrogens is 214 g/mol. The highest BCUT2D eigenvalue weighted by atomic mass is 16.3. The zero-order valence-electron chi connectivity index (χ0n) is 9.35. The average Bonchev–Trinajstić information content (AvgIpc) is 2.94. The molecule has 1 amide bonds. The number of carbonyl (C=O) groups excluding carboxylic acids is 1. The first-order chi connectivity index (χ1) is 8.30. The third-order valence-electron chi connectivity index (χ3n) is 3.21. The van der Waals surface area contributed by atoms with Crippen LogP contribution in [0.4, 0.5) is 0 Å². The van der Waals surface area contributed by atoms with Crippen molar-refractivity contribution in [2.24, 2.45) is 0 Å². The van der Waals surface area contributed by atoms with Crippen molar-refractivity contribution < 1.29 is 9.21 Å². The Bertz CT molecular complexity index is 512. The van der Waals surface area contributed by atoms with Crippen LogP contribution in [0.25, 0.3) is 0 Å². The summed E-state index contributed by atoms with van der Waals surface area (Å²) in [6, 6.07) is 11.8. The zero-order chi connectivity index (χ0) is 11.7. The summed E-state index contributed by atoms with van der Waals surface area (Å²) >= 11 is 0. The Balaban J connectivity index is 1.80. The predicted octanol–water partition coefficient (Wildman–Crippen LogP) is 2.70. The highest BCUT2D eigenvalue weighted by molar-refractivity contribution is 5.94. The van der Waals surface area contributed by atoms with Gasteiger partial charge in [-0.15, -0.1) is 0 Å². The van der Waals surface area contributed by atoms with Gasteiger partial charge in [-0.3, -0.25) is 4.79 Å². The van der Waals surface area contributed by atoms with E-state index in [0.717, 1.165) is 12.8 Å². The fraction of sp³-hybridized carbons (Fsp3) is 0.214. The van der Waals surface area contributed by atoms with Gasteiger partial charge >= 0.3 is 0 Å². The molecule has 1 aromatic heterocycles. The second kappa shape index (κ2) is 3.77. The Kier molecular flexibility index (Phi) is 2.25.